The molecule has 0 fully saturated rings. The molecule has 0 aromatic heterocycles. The fourth-order valence-electron chi connectivity index (χ4n) is 2.19. The van der Waals surface area contributed by atoms with Crippen LogP contribution < -0.4 is 10.6 Å². The van der Waals surface area contributed by atoms with Gasteiger partial charge in [0.2, 0.25) is 11.8 Å². The molecule has 0 saturated heterocycles. The monoisotopic (exact) mass is 322 g/mol. The van der Waals surface area contributed by atoms with Crippen LogP contribution in [0.2, 0.25) is 0 Å². The van der Waals surface area contributed by atoms with Gasteiger partial charge in [0.15, 0.2) is 0 Å². The van der Waals surface area contributed by atoms with Gasteiger partial charge in [-0.25, -0.2) is 0 Å². The highest BCUT2D eigenvalue weighted by atomic mass is 16.2. The zero-order valence-electron chi connectivity index (χ0n) is 14.2. The van der Waals surface area contributed by atoms with Crippen molar-refractivity contribution in [2.75, 3.05) is 10.6 Å². The van der Waals surface area contributed by atoms with Crippen LogP contribution in [-0.2, 0) is 9.59 Å². The predicted molar refractivity (Wildman–Crippen MR) is 98.9 cm³/mol. The van der Waals surface area contributed by atoms with E-state index in [2.05, 4.69) is 36.6 Å². The number of carbonyl (C=O) groups excluding carboxylic acids is 2. The third kappa shape index (κ3) is 5.39. The van der Waals surface area contributed by atoms with Gasteiger partial charge in [-0.2, -0.15) is 0 Å². The van der Waals surface area contributed by atoms with Crippen LogP contribution in [0.25, 0.3) is 6.08 Å². The number of benzene rings is 2. The molecule has 0 aliphatic heterocycles. The van der Waals surface area contributed by atoms with Crippen LogP contribution in [0, 0.1) is 0 Å². The zero-order chi connectivity index (χ0) is 17.5. The molecule has 0 heterocycles. The van der Waals surface area contributed by atoms with Gasteiger partial charge in [0.25, 0.3) is 0 Å². The van der Waals surface area contributed by atoms with Crippen LogP contribution >= 0.6 is 0 Å². The number of rotatable bonds is 5. The molecule has 0 saturated carbocycles. The standard InChI is InChI=1S/C20H22N2O2/c1-14(2)17-7-4-16(5-8-17)6-13-20(24)22-19-11-9-18(10-12-19)21-15(3)23/h4-14H,1-3H3,(H,21,23)(H,22,24)/b13-6-. The minimum absolute atomic E-state index is 0.127. The Labute approximate surface area is 142 Å². The second-order valence-electron chi connectivity index (χ2n) is 5.90. The van der Waals surface area contributed by atoms with Crippen LogP contribution in [0.1, 0.15) is 37.8 Å². The fraction of sp³-hybridized carbons (Fsp3) is 0.200. The number of anilines is 2. The normalized spacial score (nSPS) is 10.8. The number of carbonyl (C=O) groups is 2. The van der Waals surface area contributed by atoms with E-state index in [4.69, 9.17) is 0 Å². The van der Waals surface area contributed by atoms with E-state index in [-0.39, 0.29) is 11.8 Å². The average Bonchev–Trinajstić information content (AvgIpc) is 2.54. The van der Waals surface area contributed by atoms with Gasteiger partial charge < -0.3 is 10.6 Å². The third-order valence-corrected chi connectivity index (χ3v) is 3.50. The minimum atomic E-state index is -0.199. The molecule has 124 valence electrons. The summed E-state index contributed by atoms with van der Waals surface area (Å²) in [6.45, 7) is 5.75. The Bertz CT molecular complexity index is 729. The first kappa shape index (κ1) is 17.5. The molecule has 24 heavy (non-hydrogen) atoms. The van der Waals surface area contributed by atoms with Gasteiger partial charge in [-0.15, -0.1) is 0 Å². The molecule has 2 aromatic rings. The Hall–Kier alpha value is -2.88. The van der Waals surface area contributed by atoms with Crippen molar-refractivity contribution in [2.45, 2.75) is 26.7 Å². The summed E-state index contributed by atoms with van der Waals surface area (Å²) in [4.78, 5) is 22.9. The molecular weight excluding hydrogens is 300 g/mol. The number of nitrogens with one attached hydrogen (secondary N) is 2. The largest absolute Gasteiger partial charge is 0.326 e. The Morgan fingerprint density at radius 3 is 1.92 bits per heavy atom. The molecule has 0 unspecified atom stereocenters. The minimum Gasteiger partial charge on any atom is -0.326 e. The lowest BCUT2D eigenvalue weighted by Crippen LogP contribution is -2.08. The SMILES string of the molecule is CC(=O)Nc1ccc(NC(=O)/C=C\c2ccc(C(C)C)cc2)cc1. The van der Waals surface area contributed by atoms with E-state index in [0.717, 1.165) is 5.56 Å². The fourth-order valence-corrected chi connectivity index (χ4v) is 2.19. The van der Waals surface area contributed by atoms with Crippen LogP contribution in [0.4, 0.5) is 11.4 Å². The summed E-state index contributed by atoms with van der Waals surface area (Å²) in [5, 5.41) is 5.46. The molecule has 0 atom stereocenters. The molecule has 2 amide bonds. The Balaban J connectivity index is 1.93. The molecule has 4 heteroatoms. The van der Waals surface area contributed by atoms with Gasteiger partial charge in [-0.3, -0.25) is 9.59 Å². The van der Waals surface area contributed by atoms with Crippen molar-refractivity contribution in [1.82, 2.24) is 0 Å². The first-order valence-corrected chi connectivity index (χ1v) is 7.91. The van der Waals surface area contributed by atoms with Gasteiger partial charge in [-0.1, -0.05) is 38.1 Å². The average molecular weight is 322 g/mol. The first-order chi connectivity index (χ1) is 11.4. The van der Waals surface area contributed by atoms with E-state index < -0.39 is 0 Å². The van der Waals surface area contributed by atoms with Crippen LogP contribution in [0.5, 0.6) is 0 Å². The summed E-state index contributed by atoms with van der Waals surface area (Å²) in [6, 6.07) is 15.1. The van der Waals surface area contributed by atoms with Crippen molar-refractivity contribution in [1.29, 1.82) is 0 Å². The maximum Gasteiger partial charge on any atom is 0.248 e. The van der Waals surface area contributed by atoms with Gasteiger partial charge in [0.1, 0.15) is 0 Å². The molecule has 0 radical (unpaired) electrons. The maximum atomic E-state index is 12.0. The molecular formula is C20H22N2O2. The summed E-state index contributed by atoms with van der Waals surface area (Å²) in [7, 11) is 0. The highest BCUT2D eigenvalue weighted by Crippen LogP contribution is 2.16. The third-order valence-electron chi connectivity index (χ3n) is 3.50. The second kappa shape index (κ2) is 8.11. The summed E-state index contributed by atoms with van der Waals surface area (Å²) >= 11 is 0. The summed E-state index contributed by atoms with van der Waals surface area (Å²) in [5.41, 5.74) is 3.63. The highest BCUT2D eigenvalue weighted by molar-refractivity contribution is 6.02. The number of hydrogen-bond acceptors (Lipinski definition) is 2. The number of amides is 2. The van der Waals surface area contributed by atoms with Crippen molar-refractivity contribution in [3.8, 4) is 0 Å². The predicted octanol–water partition coefficient (Wildman–Crippen LogP) is 4.42. The van der Waals surface area contributed by atoms with Crippen LogP contribution in [0.15, 0.2) is 54.6 Å². The van der Waals surface area contributed by atoms with Crippen molar-refractivity contribution in [3.63, 3.8) is 0 Å². The lowest BCUT2D eigenvalue weighted by atomic mass is 10.0. The van der Waals surface area contributed by atoms with Gasteiger partial charge in [-0.05, 0) is 47.4 Å². The Morgan fingerprint density at radius 2 is 1.42 bits per heavy atom. The highest BCUT2D eigenvalue weighted by Gasteiger charge is 2.00. The topological polar surface area (TPSA) is 58.2 Å². The summed E-state index contributed by atoms with van der Waals surface area (Å²) in [5.74, 6) is 0.167. The van der Waals surface area contributed by atoms with Crippen LogP contribution in [-0.4, -0.2) is 11.8 Å². The van der Waals surface area contributed by atoms with Crippen molar-refractivity contribution < 1.29 is 9.59 Å². The van der Waals surface area contributed by atoms with E-state index in [1.807, 2.05) is 12.1 Å². The van der Waals surface area contributed by atoms with Crippen molar-refractivity contribution in [2.24, 2.45) is 0 Å². The van der Waals surface area contributed by atoms with E-state index >= 15 is 0 Å². The molecule has 0 spiro atoms. The molecule has 0 aliphatic rings. The molecule has 4 nitrogen and oxygen atoms in total. The van der Waals surface area contributed by atoms with Crippen molar-refractivity contribution >= 4 is 29.3 Å². The maximum absolute atomic E-state index is 12.0. The quantitative estimate of drug-likeness (QED) is 0.801. The lowest BCUT2D eigenvalue weighted by molar-refractivity contribution is -0.114. The van der Waals surface area contributed by atoms with E-state index in [0.29, 0.717) is 17.3 Å². The summed E-state index contributed by atoms with van der Waals surface area (Å²) in [6.07, 6.45) is 3.29. The smallest absolute Gasteiger partial charge is 0.248 e. The molecule has 2 rings (SSSR count). The van der Waals surface area contributed by atoms with Gasteiger partial charge in [0.05, 0.1) is 0 Å². The lowest BCUT2D eigenvalue weighted by Gasteiger charge is -2.05. The van der Waals surface area contributed by atoms with E-state index in [1.165, 1.54) is 18.6 Å². The second-order valence-corrected chi connectivity index (χ2v) is 5.90. The molecule has 2 N–H and O–H groups in total. The van der Waals surface area contributed by atoms with Crippen LogP contribution in [0.3, 0.4) is 0 Å². The Morgan fingerprint density at radius 1 is 0.875 bits per heavy atom. The van der Waals surface area contributed by atoms with Gasteiger partial charge >= 0.3 is 0 Å². The van der Waals surface area contributed by atoms with E-state index in [1.54, 1.807) is 30.3 Å². The summed E-state index contributed by atoms with van der Waals surface area (Å²) < 4.78 is 0. The van der Waals surface area contributed by atoms with Gasteiger partial charge in [0, 0.05) is 24.4 Å². The Kier molecular flexibility index (Phi) is 5.90. The first-order valence-electron chi connectivity index (χ1n) is 7.91. The molecule has 0 bridgehead atoms. The van der Waals surface area contributed by atoms with E-state index in [9.17, 15) is 9.59 Å². The zero-order valence-corrected chi connectivity index (χ0v) is 14.2. The van der Waals surface area contributed by atoms with Crippen molar-refractivity contribution in [3.05, 3.63) is 65.7 Å². The molecule has 2 aromatic carbocycles. The molecule has 0 aliphatic carbocycles. The number of hydrogen-bond donors (Lipinski definition) is 2.